The van der Waals surface area contributed by atoms with E-state index >= 15 is 0 Å². The number of rotatable bonds is 7. The van der Waals surface area contributed by atoms with Crippen LogP contribution in [0.5, 0.6) is 0 Å². The number of ether oxygens (including phenoxy) is 1. The Hall–Kier alpha value is -1.55. The highest BCUT2D eigenvalue weighted by molar-refractivity contribution is 9.10. The Morgan fingerprint density at radius 2 is 1.71 bits per heavy atom. The third kappa shape index (κ3) is 5.28. The number of benzene rings is 1. The molecule has 3 rings (SSSR count). The normalized spacial score (nSPS) is 15.3. The Labute approximate surface area is 176 Å². The Kier molecular flexibility index (Phi) is 7.03. The van der Waals surface area contributed by atoms with Crippen LogP contribution in [-0.2, 0) is 26.0 Å². The van der Waals surface area contributed by atoms with Crippen molar-refractivity contribution in [1.82, 2.24) is 4.31 Å². The molecule has 1 aromatic carbocycles. The van der Waals surface area contributed by atoms with E-state index in [1.54, 1.807) is 30.3 Å². The first-order chi connectivity index (χ1) is 13.4. The molecule has 28 heavy (non-hydrogen) atoms. The van der Waals surface area contributed by atoms with Gasteiger partial charge >= 0.3 is 5.97 Å². The molecule has 0 radical (unpaired) electrons. The Balaban J connectivity index is 1.55. The second-order valence-corrected chi connectivity index (χ2v) is 10.7. The molecule has 0 unspecified atom stereocenters. The summed E-state index contributed by atoms with van der Waals surface area (Å²) in [4.78, 5) is 24.7. The number of hydrogen-bond acceptors (Lipinski definition) is 6. The van der Waals surface area contributed by atoms with E-state index in [0.29, 0.717) is 23.5 Å². The molecule has 0 N–H and O–H groups in total. The largest absolute Gasteiger partial charge is 0.457 e. The van der Waals surface area contributed by atoms with Crippen LogP contribution in [0.1, 0.15) is 34.5 Å². The number of Topliss-reactive ketones (excluding diaryl/α,β-unsaturated/α-hetero) is 1. The number of piperidine rings is 1. The molecule has 6 nitrogen and oxygen atoms in total. The summed E-state index contributed by atoms with van der Waals surface area (Å²) in [5.41, 5.74) is 0.460. The summed E-state index contributed by atoms with van der Waals surface area (Å²) >= 11 is 4.37. The summed E-state index contributed by atoms with van der Waals surface area (Å²) in [5, 5.41) is 0. The van der Waals surface area contributed by atoms with Crippen LogP contribution in [0.25, 0.3) is 0 Å². The van der Waals surface area contributed by atoms with E-state index in [2.05, 4.69) is 15.9 Å². The van der Waals surface area contributed by atoms with Crippen LogP contribution in [-0.4, -0.2) is 44.2 Å². The van der Waals surface area contributed by atoms with Gasteiger partial charge in [-0.15, -0.1) is 11.3 Å². The van der Waals surface area contributed by atoms with Crippen molar-refractivity contribution in [3.05, 3.63) is 51.3 Å². The third-order valence-corrected chi connectivity index (χ3v) is 8.38. The molecule has 0 spiro atoms. The number of esters is 1. The van der Waals surface area contributed by atoms with Gasteiger partial charge in [-0.1, -0.05) is 34.5 Å². The zero-order valence-electron chi connectivity index (χ0n) is 15.1. The second-order valence-electron chi connectivity index (χ2n) is 6.45. The second kappa shape index (κ2) is 9.30. The first kappa shape index (κ1) is 21.2. The Bertz CT molecular complexity index is 947. The van der Waals surface area contributed by atoms with Gasteiger partial charge in [0, 0.05) is 28.0 Å². The molecule has 0 bridgehead atoms. The Morgan fingerprint density at radius 1 is 1.04 bits per heavy atom. The molecule has 1 aliphatic heterocycles. The summed E-state index contributed by atoms with van der Waals surface area (Å²) < 4.78 is 33.0. The van der Waals surface area contributed by atoms with E-state index in [1.165, 1.54) is 10.4 Å². The molecular formula is C19H20BrNO5S2. The number of halogens is 1. The molecule has 1 aromatic heterocycles. The average molecular weight is 486 g/mol. The van der Waals surface area contributed by atoms with Gasteiger partial charge in [0.25, 0.3) is 10.0 Å². The topological polar surface area (TPSA) is 80.8 Å². The summed E-state index contributed by atoms with van der Waals surface area (Å²) in [7, 11) is -3.50. The van der Waals surface area contributed by atoms with Gasteiger partial charge in [-0.2, -0.15) is 4.31 Å². The molecule has 2 aromatic rings. The van der Waals surface area contributed by atoms with Crippen LogP contribution < -0.4 is 0 Å². The highest BCUT2D eigenvalue weighted by Gasteiger charge is 2.27. The van der Waals surface area contributed by atoms with Crippen molar-refractivity contribution in [2.45, 2.75) is 29.9 Å². The first-order valence-corrected chi connectivity index (χ1v) is 11.9. The zero-order chi connectivity index (χ0) is 20.1. The average Bonchev–Trinajstić information content (AvgIpc) is 3.16. The SMILES string of the molecule is O=C(Cc1ccc(S(=O)(=O)N2CCCCC2)s1)OCC(=O)c1ccc(Br)cc1. The monoisotopic (exact) mass is 485 g/mol. The van der Waals surface area contributed by atoms with Gasteiger partial charge in [0.05, 0.1) is 6.42 Å². The molecule has 9 heteroatoms. The van der Waals surface area contributed by atoms with Crippen molar-refractivity contribution >= 4 is 49.0 Å². The maximum Gasteiger partial charge on any atom is 0.311 e. The molecule has 1 fully saturated rings. The third-order valence-electron chi connectivity index (χ3n) is 4.40. The first-order valence-electron chi connectivity index (χ1n) is 8.89. The van der Waals surface area contributed by atoms with E-state index < -0.39 is 16.0 Å². The summed E-state index contributed by atoms with van der Waals surface area (Å²) in [6.07, 6.45) is 2.73. The van der Waals surface area contributed by atoms with E-state index in [9.17, 15) is 18.0 Å². The van der Waals surface area contributed by atoms with Crippen LogP contribution >= 0.6 is 27.3 Å². The van der Waals surface area contributed by atoms with Crippen LogP contribution in [0.15, 0.2) is 45.1 Å². The molecule has 0 aliphatic carbocycles. The van der Waals surface area contributed by atoms with Crippen molar-refractivity contribution in [2.24, 2.45) is 0 Å². The van der Waals surface area contributed by atoms with Crippen molar-refractivity contribution in [2.75, 3.05) is 19.7 Å². The van der Waals surface area contributed by atoms with Crippen LogP contribution in [0, 0.1) is 0 Å². The highest BCUT2D eigenvalue weighted by atomic mass is 79.9. The van der Waals surface area contributed by atoms with Crippen molar-refractivity contribution < 1.29 is 22.7 Å². The van der Waals surface area contributed by atoms with Crippen LogP contribution in [0.3, 0.4) is 0 Å². The molecular weight excluding hydrogens is 466 g/mol. The summed E-state index contributed by atoms with van der Waals surface area (Å²) in [6, 6.07) is 9.94. The van der Waals surface area contributed by atoms with Crippen molar-refractivity contribution in [1.29, 1.82) is 0 Å². The number of sulfonamides is 1. The maximum absolute atomic E-state index is 12.7. The number of carbonyl (C=O) groups excluding carboxylic acids is 2. The van der Waals surface area contributed by atoms with Gasteiger partial charge in [-0.05, 0) is 37.1 Å². The zero-order valence-corrected chi connectivity index (χ0v) is 18.3. The molecule has 0 saturated carbocycles. The van der Waals surface area contributed by atoms with Gasteiger partial charge in [0.2, 0.25) is 0 Å². The fourth-order valence-corrected chi connectivity index (χ4v) is 6.16. The van der Waals surface area contributed by atoms with Gasteiger partial charge in [0.1, 0.15) is 4.21 Å². The van der Waals surface area contributed by atoms with Crippen LogP contribution in [0.2, 0.25) is 0 Å². The van der Waals surface area contributed by atoms with E-state index in [-0.39, 0.29) is 23.0 Å². The minimum Gasteiger partial charge on any atom is -0.457 e. The molecule has 0 atom stereocenters. The predicted octanol–water partition coefficient (Wildman–Crippen LogP) is 3.65. The number of thiophene rings is 1. The lowest BCUT2D eigenvalue weighted by Crippen LogP contribution is -2.35. The number of ketones is 1. The lowest BCUT2D eigenvalue weighted by molar-refractivity contribution is -0.141. The summed E-state index contributed by atoms with van der Waals surface area (Å²) in [5.74, 6) is -0.852. The smallest absolute Gasteiger partial charge is 0.311 e. The lowest BCUT2D eigenvalue weighted by Gasteiger charge is -2.25. The standard InChI is InChI=1S/C19H20BrNO5S2/c20-15-6-4-14(5-7-15)17(22)13-26-18(23)12-16-8-9-19(27-16)28(24,25)21-10-2-1-3-11-21/h4-9H,1-3,10-13H2. The molecule has 1 saturated heterocycles. The fraction of sp³-hybridized carbons (Fsp3) is 0.368. The van der Waals surface area contributed by atoms with Crippen molar-refractivity contribution in [3.8, 4) is 0 Å². The van der Waals surface area contributed by atoms with Gasteiger partial charge in [-0.3, -0.25) is 9.59 Å². The van der Waals surface area contributed by atoms with E-state index in [4.69, 9.17) is 4.74 Å². The van der Waals surface area contributed by atoms with Crippen molar-refractivity contribution in [3.63, 3.8) is 0 Å². The number of carbonyl (C=O) groups is 2. The number of hydrogen-bond donors (Lipinski definition) is 0. The van der Waals surface area contributed by atoms with Gasteiger partial charge < -0.3 is 4.74 Å². The molecule has 0 amide bonds. The minimum absolute atomic E-state index is 0.0617. The minimum atomic E-state index is -3.50. The fourth-order valence-electron chi connectivity index (χ4n) is 2.88. The molecule has 2 heterocycles. The van der Waals surface area contributed by atoms with E-state index in [0.717, 1.165) is 35.1 Å². The quantitative estimate of drug-likeness (QED) is 0.441. The predicted molar refractivity (Wildman–Crippen MR) is 110 cm³/mol. The lowest BCUT2D eigenvalue weighted by atomic mass is 10.1. The molecule has 150 valence electrons. The summed E-state index contributed by atoms with van der Waals surface area (Å²) in [6.45, 7) is 0.732. The van der Waals surface area contributed by atoms with E-state index in [1.807, 2.05) is 0 Å². The van der Waals surface area contributed by atoms with Gasteiger partial charge in [0.15, 0.2) is 12.4 Å². The van der Waals surface area contributed by atoms with Gasteiger partial charge in [-0.25, -0.2) is 8.42 Å². The Morgan fingerprint density at radius 3 is 2.39 bits per heavy atom. The number of nitrogens with zero attached hydrogens (tertiary/aromatic N) is 1. The highest BCUT2D eigenvalue weighted by Crippen LogP contribution is 2.27. The van der Waals surface area contributed by atoms with Crippen LogP contribution in [0.4, 0.5) is 0 Å². The molecule has 1 aliphatic rings. The maximum atomic E-state index is 12.7.